The van der Waals surface area contributed by atoms with E-state index in [1.807, 2.05) is 38.1 Å². The van der Waals surface area contributed by atoms with E-state index in [-0.39, 0.29) is 17.1 Å². The Hall–Kier alpha value is -1.36. The Morgan fingerprint density at radius 2 is 1.89 bits per heavy atom. The van der Waals surface area contributed by atoms with Crippen molar-refractivity contribution in [2.45, 2.75) is 31.4 Å². The van der Waals surface area contributed by atoms with Crippen LogP contribution in [0.5, 0.6) is 0 Å². The molecular weight excluding hydrogens is 260 g/mol. The lowest BCUT2D eigenvalue weighted by Crippen LogP contribution is -2.33. The molecule has 3 atom stereocenters. The van der Waals surface area contributed by atoms with E-state index in [0.29, 0.717) is 13.0 Å². The molecule has 0 saturated heterocycles. The van der Waals surface area contributed by atoms with Crippen molar-refractivity contribution in [1.82, 2.24) is 5.32 Å². The standard InChI is InChI=1S/C14H22N2O2S/c1-10(12-4-6-13(15)7-5-12)8-14(17)16-9-11(2)19(3)18/h4-7,10-11H,8-9,15H2,1-3H3,(H,16,17). The quantitative estimate of drug-likeness (QED) is 0.779. The minimum absolute atomic E-state index is 0.0124. The van der Waals surface area contributed by atoms with E-state index < -0.39 is 10.8 Å². The molecule has 5 heteroatoms. The van der Waals surface area contributed by atoms with Crippen molar-refractivity contribution < 1.29 is 9.00 Å². The van der Waals surface area contributed by atoms with Crippen molar-refractivity contribution in [2.75, 3.05) is 18.5 Å². The number of hydrogen-bond donors (Lipinski definition) is 2. The first-order chi connectivity index (χ1) is 8.90. The topological polar surface area (TPSA) is 72.2 Å². The van der Waals surface area contributed by atoms with E-state index in [4.69, 9.17) is 5.73 Å². The third-order valence-corrected chi connectivity index (χ3v) is 4.45. The van der Waals surface area contributed by atoms with Crippen LogP contribution in [0.25, 0.3) is 0 Å². The second kappa shape index (κ2) is 7.28. The Morgan fingerprint density at radius 3 is 2.42 bits per heavy atom. The zero-order valence-corrected chi connectivity index (χ0v) is 12.5. The maximum Gasteiger partial charge on any atom is 0.220 e. The van der Waals surface area contributed by atoms with Gasteiger partial charge in [0.05, 0.1) is 0 Å². The van der Waals surface area contributed by atoms with Crippen LogP contribution in [0.2, 0.25) is 0 Å². The van der Waals surface area contributed by atoms with Crippen LogP contribution in [0.3, 0.4) is 0 Å². The van der Waals surface area contributed by atoms with Gasteiger partial charge in [-0.3, -0.25) is 9.00 Å². The first-order valence-corrected chi connectivity index (χ1v) is 7.96. The molecular formula is C14H22N2O2S. The van der Waals surface area contributed by atoms with E-state index >= 15 is 0 Å². The van der Waals surface area contributed by atoms with Gasteiger partial charge >= 0.3 is 0 Å². The van der Waals surface area contributed by atoms with Crippen molar-refractivity contribution in [2.24, 2.45) is 0 Å². The fraction of sp³-hybridized carbons (Fsp3) is 0.500. The van der Waals surface area contributed by atoms with Gasteiger partial charge in [0.15, 0.2) is 0 Å². The lowest BCUT2D eigenvalue weighted by molar-refractivity contribution is -0.121. The van der Waals surface area contributed by atoms with Crippen LogP contribution < -0.4 is 11.1 Å². The summed E-state index contributed by atoms with van der Waals surface area (Å²) in [5.41, 5.74) is 7.45. The largest absolute Gasteiger partial charge is 0.399 e. The van der Waals surface area contributed by atoms with Gasteiger partial charge in [0, 0.05) is 41.0 Å². The van der Waals surface area contributed by atoms with Gasteiger partial charge in [-0.15, -0.1) is 0 Å². The van der Waals surface area contributed by atoms with Crippen molar-refractivity contribution in [3.63, 3.8) is 0 Å². The van der Waals surface area contributed by atoms with Gasteiger partial charge in [-0.1, -0.05) is 19.1 Å². The average Bonchev–Trinajstić information content (AvgIpc) is 2.36. The van der Waals surface area contributed by atoms with Gasteiger partial charge in [-0.05, 0) is 30.5 Å². The predicted molar refractivity (Wildman–Crippen MR) is 80.4 cm³/mol. The highest BCUT2D eigenvalue weighted by Crippen LogP contribution is 2.19. The summed E-state index contributed by atoms with van der Waals surface area (Å²) >= 11 is 0. The zero-order valence-electron chi connectivity index (χ0n) is 11.7. The van der Waals surface area contributed by atoms with E-state index in [1.165, 1.54) is 0 Å². The first-order valence-electron chi connectivity index (χ1n) is 6.34. The molecule has 19 heavy (non-hydrogen) atoms. The molecule has 0 radical (unpaired) electrons. The molecule has 0 spiro atoms. The van der Waals surface area contributed by atoms with Crippen LogP contribution in [0.4, 0.5) is 5.69 Å². The summed E-state index contributed by atoms with van der Waals surface area (Å²) in [6.45, 7) is 4.32. The number of hydrogen-bond acceptors (Lipinski definition) is 3. The van der Waals surface area contributed by atoms with Gasteiger partial charge in [0.2, 0.25) is 5.91 Å². The molecule has 0 aliphatic rings. The Bertz CT molecular complexity index is 445. The normalized spacial score (nSPS) is 15.5. The molecule has 1 aromatic rings. The van der Waals surface area contributed by atoms with E-state index in [2.05, 4.69) is 5.32 Å². The second-order valence-corrected chi connectivity index (χ2v) is 6.69. The molecule has 0 fully saturated rings. The molecule has 3 unspecified atom stereocenters. The SMILES string of the molecule is CC(CC(=O)NCC(C)S(C)=O)c1ccc(N)cc1. The molecule has 4 nitrogen and oxygen atoms in total. The van der Waals surface area contributed by atoms with Gasteiger partial charge in [-0.25, -0.2) is 0 Å². The summed E-state index contributed by atoms with van der Waals surface area (Å²) in [5.74, 6) is 0.129. The maximum absolute atomic E-state index is 11.8. The smallest absolute Gasteiger partial charge is 0.220 e. The van der Waals surface area contributed by atoms with Gasteiger partial charge in [-0.2, -0.15) is 0 Å². The fourth-order valence-electron chi connectivity index (χ4n) is 1.67. The van der Waals surface area contributed by atoms with Crippen LogP contribution in [-0.4, -0.2) is 28.2 Å². The lowest BCUT2D eigenvalue weighted by Gasteiger charge is -2.14. The van der Waals surface area contributed by atoms with Crippen LogP contribution in [0.1, 0.15) is 31.7 Å². The molecule has 1 rings (SSSR count). The number of rotatable bonds is 6. The number of carbonyl (C=O) groups is 1. The van der Waals surface area contributed by atoms with Crippen LogP contribution in [0, 0.1) is 0 Å². The Kier molecular flexibility index (Phi) is 6.02. The highest BCUT2D eigenvalue weighted by Gasteiger charge is 2.13. The van der Waals surface area contributed by atoms with Gasteiger partial charge in [0.25, 0.3) is 0 Å². The Morgan fingerprint density at radius 1 is 1.32 bits per heavy atom. The summed E-state index contributed by atoms with van der Waals surface area (Å²) in [7, 11) is -0.907. The summed E-state index contributed by atoms with van der Waals surface area (Å²) in [5, 5.41) is 2.80. The minimum Gasteiger partial charge on any atom is -0.399 e. The molecule has 0 aliphatic heterocycles. The maximum atomic E-state index is 11.8. The van der Waals surface area contributed by atoms with E-state index in [9.17, 15) is 9.00 Å². The highest BCUT2D eigenvalue weighted by molar-refractivity contribution is 7.84. The predicted octanol–water partition coefficient (Wildman–Crippen LogP) is 1.65. The Balaban J connectivity index is 2.44. The molecule has 0 aromatic heterocycles. The number of amides is 1. The molecule has 0 bridgehead atoms. The summed E-state index contributed by atoms with van der Waals surface area (Å²) < 4.78 is 11.2. The van der Waals surface area contributed by atoms with Crippen molar-refractivity contribution in [1.29, 1.82) is 0 Å². The fourth-order valence-corrected chi connectivity index (χ4v) is 1.99. The monoisotopic (exact) mass is 282 g/mol. The minimum atomic E-state index is -0.907. The average molecular weight is 282 g/mol. The first kappa shape index (κ1) is 15.7. The molecule has 1 aromatic carbocycles. The molecule has 0 aliphatic carbocycles. The third kappa shape index (κ3) is 5.42. The van der Waals surface area contributed by atoms with Crippen LogP contribution in [-0.2, 0) is 15.6 Å². The third-order valence-electron chi connectivity index (χ3n) is 3.15. The van der Waals surface area contributed by atoms with E-state index in [0.717, 1.165) is 11.3 Å². The summed E-state index contributed by atoms with van der Waals surface area (Å²) in [6.07, 6.45) is 2.07. The van der Waals surface area contributed by atoms with Crippen molar-refractivity contribution in [3.8, 4) is 0 Å². The number of nitrogens with two attached hydrogens (primary N) is 1. The zero-order chi connectivity index (χ0) is 14.4. The Labute approximate surface area is 117 Å². The van der Waals surface area contributed by atoms with E-state index in [1.54, 1.807) is 6.26 Å². The highest BCUT2D eigenvalue weighted by atomic mass is 32.2. The van der Waals surface area contributed by atoms with Crippen LogP contribution in [0.15, 0.2) is 24.3 Å². The van der Waals surface area contributed by atoms with Gasteiger partial charge in [0.1, 0.15) is 0 Å². The number of anilines is 1. The van der Waals surface area contributed by atoms with Crippen molar-refractivity contribution in [3.05, 3.63) is 29.8 Å². The summed E-state index contributed by atoms with van der Waals surface area (Å²) in [6, 6.07) is 7.56. The number of benzene rings is 1. The van der Waals surface area contributed by atoms with Crippen molar-refractivity contribution >= 4 is 22.4 Å². The van der Waals surface area contributed by atoms with Crippen LogP contribution >= 0.6 is 0 Å². The summed E-state index contributed by atoms with van der Waals surface area (Å²) in [4.78, 5) is 11.8. The number of carbonyl (C=O) groups excluding carboxylic acids is 1. The lowest BCUT2D eigenvalue weighted by atomic mass is 9.97. The molecule has 1 amide bonds. The second-order valence-electron chi connectivity index (χ2n) is 4.89. The molecule has 0 saturated carbocycles. The van der Waals surface area contributed by atoms with Gasteiger partial charge < -0.3 is 11.1 Å². The molecule has 0 heterocycles. The number of nitrogen functional groups attached to an aromatic ring is 1. The molecule has 106 valence electrons. The number of nitrogens with one attached hydrogen (secondary N) is 1. The molecule has 3 N–H and O–H groups in total.